The highest BCUT2D eigenvalue weighted by Crippen LogP contribution is 2.41. The molecule has 184 valence electrons. The second kappa shape index (κ2) is 10.2. The molecule has 0 saturated carbocycles. The van der Waals surface area contributed by atoms with Crippen LogP contribution < -0.4 is 4.90 Å². The quantitative estimate of drug-likeness (QED) is 0.212. The molecule has 1 fully saturated rings. The van der Waals surface area contributed by atoms with Crippen LogP contribution in [0.1, 0.15) is 5.56 Å². The number of para-hydroxylation sites is 1. The second-order valence-electron chi connectivity index (χ2n) is 8.73. The number of carbonyl (C=O) groups is 2. The van der Waals surface area contributed by atoms with E-state index in [0.29, 0.717) is 15.6 Å². The molecule has 4 aromatic carbocycles. The van der Waals surface area contributed by atoms with Crippen LogP contribution in [0.15, 0.2) is 126 Å². The van der Waals surface area contributed by atoms with E-state index in [1.54, 1.807) is 12.1 Å². The number of rotatable bonds is 5. The molecule has 2 amide bonds. The van der Waals surface area contributed by atoms with Gasteiger partial charge in [-0.05, 0) is 71.4 Å². The van der Waals surface area contributed by atoms with Gasteiger partial charge in [0.25, 0.3) is 11.1 Å². The Labute approximate surface area is 229 Å². The number of carbonyl (C=O) groups excluding carboxylic acids is 2. The smallest absolute Gasteiger partial charge is 0.298 e. The zero-order valence-corrected chi connectivity index (χ0v) is 21.7. The van der Waals surface area contributed by atoms with Gasteiger partial charge in [0.2, 0.25) is 0 Å². The van der Waals surface area contributed by atoms with Crippen molar-refractivity contribution in [2.45, 2.75) is 0 Å². The molecule has 4 nitrogen and oxygen atoms in total. The number of halogens is 1. The Kier molecular flexibility index (Phi) is 6.46. The van der Waals surface area contributed by atoms with Crippen molar-refractivity contribution in [1.29, 1.82) is 0 Å². The minimum atomic E-state index is -0.328. The van der Waals surface area contributed by atoms with Gasteiger partial charge in [-0.25, -0.2) is 4.90 Å². The number of benzene rings is 4. The van der Waals surface area contributed by atoms with Gasteiger partial charge >= 0.3 is 0 Å². The normalized spacial score (nSPS) is 14.4. The van der Waals surface area contributed by atoms with Crippen molar-refractivity contribution in [1.82, 2.24) is 4.57 Å². The largest absolute Gasteiger partial charge is 0.309 e. The molecule has 1 aliphatic rings. The molecule has 0 bridgehead atoms. The molecule has 0 aliphatic carbocycles. The number of nitrogens with zero attached hydrogens (tertiary/aromatic N) is 2. The average Bonchev–Trinajstić information content (AvgIpc) is 3.47. The van der Waals surface area contributed by atoms with Crippen LogP contribution in [0.5, 0.6) is 0 Å². The van der Waals surface area contributed by atoms with E-state index in [9.17, 15) is 9.59 Å². The summed E-state index contributed by atoms with van der Waals surface area (Å²) in [5.41, 5.74) is 6.21. The van der Waals surface area contributed by atoms with Gasteiger partial charge in [0.15, 0.2) is 0 Å². The maximum Gasteiger partial charge on any atom is 0.298 e. The number of amides is 2. The van der Waals surface area contributed by atoms with E-state index < -0.39 is 0 Å². The first-order chi connectivity index (χ1) is 18.6. The van der Waals surface area contributed by atoms with E-state index in [0.717, 1.165) is 45.5 Å². The van der Waals surface area contributed by atoms with Crippen molar-refractivity contribution in [3.8, 4) is 28.2 Å². The van der Waals surface area contributed by atoms with Gasteiger partial charge in [-0.1, -0.05) is 90.5 Å². The van der Waals surface area contributed by atoms with Crippen LogP contribution in [0.2, 0.25) is 5.02 Å². The molecule has 1 aromatic heterocycles. The molecule has 1 saturated heterocycles. The van der Waals surface area contributed by atoms with E-state index in [2.05, 4.69) is 22.8 Å². The topological polar surface area (TPSA) is 42.3 Å². The van der Waals surface area contributed by atoms with E-state index in [1.807, 2.05) is 97.1 Å². The van der Waals surface area contributed by atoms with Gasteiger partial charge in [-0.15, -0.1) is 0 Å². The highest BCUT2D eigenvalue weighted by Gasteiger charge is 2.36. The minimum absolute atomic E-state index is 0.311. The summed E-state index contributed by atoms with van der Waals surface area (Å²) in [5, 5.41) is 0.340. The predicted molar refractivity (Wildman–Crippen MR) is 157 cm³/mol. The maximum absolute atomic E-state index is 13.4. The third-order valence-corrected chi connectivity index (χ3v) is 7.45. The van der Waals surface area contributed by atoms with Crippen LogP contribution in [0, 0.1) is 0 Å². The van der Waals surface area contributed by atoms with Gasteiger partial charge < -0.3 is 4.57 Å². The Morgan fingerprint density at radius 1 is 0.658 bits per heavy atom. The predicted octanol–water partition coefficient (Wildman–Crippen LogP) is 8.71. The summed E-state index contributed by atoms with van der Waals surface area (Å²) >= 11 is 7.19. The Balaban J connectivity index is 1.58. The second-order valence-corrected chi connectivity index (χ2v) is 10.2. The van der Waals surface area contributed by atoms with Gasteiger partial charge in [-0.2, -0.15) is 0 Å². The fraction of sp³-hybridized carbons (Fsp3) is 0. The van der Waals surface area contributed by atoms with Crippen LogP contribution in [-0.4, -0.2) is 15.7 Å². The number of imide groups is 1. The van der Waals surface area contributed by atoms with E-state index in [1.165, 1.54) is 4.90 Å². The molecular formula is C32H21ClN2O2S. The Morgan fingerprint density at radius 2 is 1.24 bits per heavy atom. The van der Waals surface area contributed by atoms with Crippen molar-refractivity contribution in [3.05, 3.63) is 137 Å². The summed E-state index contributed by atoms with van der Waals surface area (Å²) in [7, 11) is 0. The molecule has 5 aromatic rings. The van der Waals surface area contributed by atoms with Gasteiger partial charge in [0.05, 0.1) is 22.0 Å². The number of aromatic nitrogens is 1. The first-order valence-electron chi connectivity index (χ1n) is 12.1. The molecule has 0 unspecified atom stereocenters. The van der Waals surface area contributed by atoms with E-state index in [4.69, 9.17) is 11.6 Å². The number of hydrogen-bond donors (Lipinski definition) is 0. The Hall–Kier alpha value is -4.32. The third kappa shape index (κ3) is 4.47. The van der Waals surface area contributed by atoms with Crippen LogP contribution in [0.25, 0.3) is 34.3 Å². The molecular weight excluding hydrogens is 512 g/mol. The fourth-order valence-electron chi connectivity index (χ4n) is 4.62. The highest BCUT2D eigenvalue weighted by molar-refractivity contribution is 8.19. The van der Waals surface area contributed by atoms with Crippen LogP contribution in [0.3, 0.4) is 0 Å². The van der Waals surface area contributed by atoms with Gasteiger partial charge in [-0.3, -0.25) is 9.59 Å². The maximum atomic E-state index is 13.4. The van der Waals surface area contributed by atoms with Crippen molar-refractivity contribution in [3.63, 3.8) is 0 Å². The SMILES string of the molecule is O=C1S/C(=C/c2cc(-c3ccccc3)n(-c3ccc(Cl)cc3)c2-c2ccccc2)C(=O)N1c1ccccc1. The van der Waals surface area contributed by atoms with E-state index in [-0.39, 0.29) is 11.1 Å². The lowest BCUT2D eigenvalue weighted by Gasteiger charge is -2.15. The van der Waals surface area contributed by atoms with Crippen LogP contribution >= 0.6 is 23.4 Å². The average molecular weight is 533 g/mol. The fourth-order valence-corrected chi connectivity index (χ4v) is 5.58. The monoisotopic (exact) mass is 532 g/mol. The summed E-state index contributed by atoms with van der Waals surface area (Å²) < 4.78 is 2.17. The summed E-state index contributed by atoms with van der Waals surface area (Å²) in [6.07, 6.45) is 1.83. The summed E-state index contributed by atoms with van der Waals surface area (Å²) in [6, 6.07) is 38.9. The van der Waals surface area contributed by atoms with Crippen LogP contribution in [0.4, 0.5) is 10.5 Å². The summed E-state index contributed by atoms with van der Waals surface area (Å²) in [6.45, 7) is 0. The molecule has 0 spiro atoms. The third-order valence-electron chi connectivity index (χ3n) is 6.33. The lowest BCUT2D eigenvalue weighted by atomic mass is 10.1. The molecule has 6 rings (SSSR count). The van der Waals surface area contributed by atoms with Crippen molar-refractivity contribution < 1.29 is 9.59 Å². The zero-order valence-electron chi connectivity index (χ0n) is 20.1. The minimum Gasteiger partial charge on any atom is -0.309 e. The molecule has 38 heavy (non-hydrogen) atoms. The summed E-state index contributed by atoms with van der Waals surface area (Å²) in [4.78, 5) is 27.9. The standard InChI is InChI=1S/C32H21ClN2O2S/c33-25-16-18-27(19-17-25)34-28(22-10-4-1-5-11-22)20-24(30(34)23-12-6-2-7-13-23)21-29-31(36)35(32(37)38-29)26-14-8-3-9-15-26/h1-21H/b29-21+. The number of hydrogen-bond acceptors (Lipinski definition) is 3. The van der Waals surface area contributed by atoms with Crippen molar-refractivity contribution in [2.75, 3.05) is 4.90 Å². The van der Waals surface area contributed by atoms with Gasteiger partial charge in [0.1, 0.15) is 0 Å². The molecule has 2 heterocycles. The zero-order chi connectivity index (χ0) is 26.1. The lowest BCUT2D eigenvalue weighted by Crippen LogP contribution is -2.27. The lowest BCUT2D eigenvalue weighted by molar-refractivity contribution is -0.113. The molecule has 0 N–H and O–H groups in total. The molecule has 0 radical (unpaired) electrons. The van der Waals surface area contributed by atoms with Crippen molar-refractivity contribution in [2.24, 2.45) is 0 Å². The molecule has 6 heteroatoms. The first kappa shape index (κ1) is 24.0. The van der Waals surface area contributed by atoms with E-state index >= 15 is 0 Å². The Bertz CT molecular complexity index is 1660. The highest BCUT2D eigenvalue weighted by atomic mass is 35.5. The number of thioether (sulfide) groups is 1. The van der Waals surface area contributed by atoms with Crippen molar-refractivity contribution >= 4 is 46.3 Å². The van der Waals surface area contributed by atoms with Crippen LogP contribution in [-0.2, 0) is 4.79 Å². The molecule has 0 atom stereocenters. The summed E-state index contributed by atoms with van der Waals surface area (Å²) in [5.74, 6) is -0.328. The Morgan fingerprint density at radius 3 is 1.87 bits per heavy atom. The number of anilines is 1. The molecule has 1 aliphatic heterocycles. The first-order valence-corrected chi connectivity index (χ1v) is 13.2. The van der Waals surface area contributed by atoms with Gasteiger partial charge in [0, 0.05) is 16.3 Å².